The van der Waals surface area contributed by atoms with Crippen molar-refractivity contribution in [2.75, 3.05) is 31.2 Å². The van der Waals surface area contributed by atoms with Gasteiger partial charge < -0.3 is 14.4 Å². The van der Waals surface area contributed by atoms with E-state index in [1.165, 1.54) is 5.69 Å². The van der Waals surface area contributed by atoms with Crippen molar-refractivity contribution in [1.29, 1.82) is 0 Å². The summed E-state index contributed by atoms with van der Waals surface area (Å²) in [4.78, 5) is 2.34. The molecule has 2 rings (SSSR count). The van der Waals surface area contributed by atoms with Crippen LogP contribution in [0.15, 0.2) is 24.3 Å². The average Bonchev–Trinajstić information content (AvgIpc) is 2.40. The molecular weight excluding hydrogens is 214 g/mol. The maximum absolute atomic E-state index is 5.84. The van der Waals surface area contributed by atoms with Crippen molar-refractivity contribution in [3.8, 4) is 5.75 Å². The zero-order valence-electron chi connectivity index (χ0n) is 10.7. The van der Waals surface area contributed by atoms with E-state index < -0.39 is 0 Å². The van der Waals surface area contributed by atoms with Gasteiger partial charge in [-0.2, -0.15) is 0 Å². The van der Waals surface area contributed by atoms with Gasteiger partial charge in [0.2, 0.25) is 0 Å². The van der Waals surface area contributed by atoms with Gasteiger partial charge in [0.1, 0.15) is 5.75 Å². The van der Waals surface area contributed by atoms with Crippen LogP contribution in [0.2, 0.25) is 0 Å². The summed E-state index contributed by atoms with van der Waals surface area (Å²) in [6.45, 7) is 7.80. The summed E-state index contributed by atoms with van der Waals surface area (Å²) in [5, 5.41) is 0. The third-order valence-corrected chi connectivity index (χ3v) is 3.11. The van der Waals surface area contributed by atoms with Crippen LogP contribution in [-0.2, 0) is 4.74 Å². The lowest BCUT2D eigenvalue weighted by Gasteiger charge is -2.29. The van der Waals surface area contributed by atoms with Crippen molar-refractivity contribution in [2.45, 2.75) is 26.4 Å². The first-order chi connectivity index (χ1) is 8.29. The molecule has 0 amide bonds. The Bertz CT molecular complexity index is 348. The molecule has 3 nitrogen and oxygen atoms in total. The molecule has 1 heterocycles. The molecule has 1 aromatic rings. The first-order valence-electron chi connectivity index (χ1n) is 6.39. The molecule has 0 spiro atoms. The minimum absolute atomic E-state index is 0.273. The van der Waals surface area contributed by atoms with Crippen molar-refractivity contribution >= 4 is 5.69 Å². The van der Waals surface area contributed by atoms with Gasteiger partial charge in [0.15, 0.2) is 0 Å². The number of morpholine rings is 1. The van der Waals surface area contributed by atoms with Crippen LogP contribution >= 0.6 is 0 Å². The molecular formula is C14H21NO2. The lowest BCUT2D eigenvalue weighted by molar-refractivity contribution is 0.122. The van der Waals surface area contributed by atoms with Crippen LogP contribution in [0.25, 0.3) is 0 Å². The Morgan fingerprint density at radius 2 is 2.12 bits per heavy atom. The van der Waals surface area contributed by atoms with Crippen LogP contribution in [0, 0.1) is 0 Å². The summed E-state index contributed by atoms with van der Waals surface area (Å²) in [6.07, 6.45) is 1.30. The van der Waals surface area contributed by atoms with E-state index in [4.69, 9.17) is 9.47 Å². The van der Waals surface area contributed by atoms with Gasteiger partial charge in [-0.05, 0) is 25.5 Å². The summed E-state index contributed by atoms with van der Waals surface area (Å²) in [7, 11) is 0. The molecule has 3 heteroatoms. The van der Waals surface area contributed by atoms with Gasteiger partial charge in [-0.3, -0.25) is 0 Å². The standard InChI is InChI=1S/C14H21NO2/c1-3-12(2)17-14-6-4-5-13(11-14)15-7-9-16-10-8-15/h4-6,11-12H,3,7-10H2,1-2H3/t12-/m1/s1. The second kappa shape index (κ2) is 5.92. The van der Waals surface area contributed by atoms with E-state index in [0.29, 0.717) is 0 Å². The third kappa shape index (κ3) is 3.37. The topological polar surface area (TPSA) is 21.7 Å². The minimum atomic E-state index is 0.273. The van der Waals surface area contributed by atoms with Gasteiger partial charge in [-0.1, -0.05) is 13.0 Å². The first-order valence-corrected chi connectivity index (χ1v) is 6.39. The monoisotopic (exact) mass is 235 g/mol. The number of ether oxygens (including phenoxy) is 2. The summed E-state index contributed by atoms with van der Waals surface area (Å²) in [6, 6.07) is 8.34. The predicted octanol–water partition coefficient (Wildman–Crippen LogP) is 2.70. The summed E-state index contributed by atoms with van der Waals surface area (Å²) in [5.74, 6) is 0.961. The zero-order valence-corrected chi connectivity index (χ0v) is 10.7. The van der Waals surface area contributed by atoms with Gasteiger partial charge in [0, 0.05) is 24.8 Å². The van der Waals surface area contributed by atoms with Crippen LogP contribution in [0.4, 0.5) is 5.69 Å². The molecule has 17 heavy (non-hydrogen) atoms. The number of anilines is 1. The number of hydrogen-bond acceptors (Lipinski definition) is 3. The fourth-order valence-corrected chi connectivity index (χ4v) is 1.89. The molecule has 0 radical (unpaired) electrons. The Morgan fingerprint density at radius 1 is 1.35 bits per heavy atom. The van der Waals surface area contributed by atoms with Crippen molar-refractivity contribution in [3.63, 3.8) is 0 Å². The van der Waals surface area contributed by atoms with Crippen molar-refractivity contribution in [1.82, 2.24) is 0 Å². The first kappa shape index (κ1) is 12.2. The van der Waals surface area contributed by atoms with Gasteiger partial charge in [0.05, 0.1) is 19.3 Å². The molecule has 0 N–H and O–H groups in total. The molecule has 1 aliphatic heterocycles. The molecule has 0 bridgehead atoms. The van der Waals surface area contributed by atoms with Crippen molar-refractivity contribution in [2.24, 2.45) is 0 Å². The van der Waals surface area contributed by atoms with E-state index in [1.54, 1.807) is 0 Å². The van der Waals surface area contributed by atoms with Crippen LogP contribution in [0.1, 0.15) is 20.3 Å². The molecule has 0 unspecified atom stereocenters. The molecule has 1 aliphatic rings. The second-order valence-electron chi connectivity index (χ2n) is 4.43. The molecule has 1 saturated heterocycles. The van der Waals surface area contributed by atoms with Gasteiger partial charge >= 0.3 is 0 Å². The summed E-state index contributed by atoms with van der Waals surface area (Å²) in [5.41, 5.74) is 1.23. The number of nitrogens with zero attached hydrogens (tertiary/aromatic N) is 1. The van der Waals surface area contributed by atoms with Crippen LogP contribution in [0.5, 0.6) is 5.75 Å². The van der Waals surface area contributed by atoms with Crippen molar-refractivity contribution < 1.29 is 9.47 Å². The molecule has 1 atom stereocenters. The van der Waals surface area contributed by atoms with Gasteiger partial charge in [-0.15, -0.1) is 0 Å². The van der Waals surface area contributed by atoms with Gasteiger partial charge in [-0.25, -0.2) is 0 Å². The second-order valence-corrected chi connectivity index (χ2v) is 4.43. The quantitative estimate of drug-likeness (QED) is 0.801. The highest BCUT2D eigenvalue weighted by Gasteiger charge is 2.11. The Kier molecular flexibility index (Phi) is 4.26. The third-order valence-electron chi connectivity index (χ3n) is 3.11. The largest absolute Gasteiger partial charge is 0.491 e. The lowest BCUT2D eigenvalue weighted by Crippen LogP contribution is -2.36. The van der Waals surface area contributed by atoms with E-state index >= 15 is 0 Å². The van der Waals surface area contributed by atoms with Crippen molar-refractivity contribution in [3.05, 3.63) is 24.3 Å². The molecule has 1 fully saturated rings. The molecule has 94 valence electrons. The van der Waals surface area contributed by atoms with E-state index in [1.807, 2.05) is 6.07 Å². The van der Waals surface area contributed by atoms with Gasteiger partial charge in [0.25, 0.3) is 0 Å². The highest BCUT2D eigenvalue weighted by atomic mass is 16.5. The van der Waals surface area contributed by atoms with Crippen LogP contribution < -0.4 is 9.64 Å². The molecule has 1 aromatic carbocycles. The fourth-order valence-electron chi connectivity index (χ4n) is 1.89. The Balaban J connectivity index is 2.05. The van der Waals surface area contributed by atoms with Crippen LogP contribution in [0.3, 0.4) is 0 Å². The van der Waals surface area contributed by atoms with E-state index in [0.717, 1.165) is 38.5 Å². The SMILES string of the molecule is CC[C@@H](C)Oc1cccc(N2CCOCC2)c1. The lowest BCUT2D eigenvalue weighted by atomic mass is 10.2. The van der Waals surface area contributed by atoms with E-state index in [9.17, 15) is 0 Å². The van der Waals surface area contributed by atoms with E-state index in [-0.39, 0.29) is 6.10 Å². The molecule has 0 aliphatic carbocycles. The Morgan fingerprint density at radius 3 is 2.82 bits per heavy atom. The minimum Gasteiger partial charge on any atom is -0.491 e. The number of benzene rings is 1. The molecule has 0 aromatic heterocycles. The number of rotatable bonds is 4. The zero-order chi connectivity index (χ0) is 12.1. The highest BCUT2D eigenvalue weighted by Crippen LogP contribution is 2.23. The highest BCUT2D eigenvalue weighted by molar-refractivity contribution is 5.51. The number of hydrogen-bond donors (Lipinski definition) is 0. The Labute approximate surface area is 103 Å². The average molecular weight is 235 g/mol. The maximum Gasteiger partial charge on any atom is 0.121 e. The van der Waals surface area contributed by atoms with E-state index in [2.05, 4.69) is 36.9 Å². The van der Waals surface area contributed by atoms with Crippen LogP contribution in [-0.4, -0.2) is 32.4 Å². The normalized spacial score (nSPS) is 17.9. The maximum atomic E-state index is 5.84. The molecule has 0 saturated carbocycles. The fraction of sp³-hybridized carbons (Fsp3) is 0.571. The summed E-state index contributed by atoms with van der Waals surface area (Å²) < 4.78 is 11.2. The summed E-state index contributed by atoms with van der Waals surface area (Å²) >= 11 is 0. The predicted molar refractivity (Wildman–Crippen MR) is 69.9 cm³/mol. The smallest absolute Gasteiger partial charge is 0.121 e. The Hall–Kier alpha value is -1.22.